The van der Waals surface area contributed by atoms with Crippen molar-refractivity contribution in [2.45, 2.75) is 48.7 Å². The molecule has 0 radical (unpaired) electrons. The fourth-order valence-corrected chi connectivity index (χ4v) is 2.68. The minimum absolute atomic E-state index is 0.238. The van der Waals surface area contributed by atoms with E-state index < -0.39 is 60.6 Å². The van der Waals surface area contributed by atoms with Crippen molar-refractivity contribution in [1.82, 2.24) is 0 Å². The Balaban J connectivity index is 3.33. The quantitative estimate of drug-likeness (QED) is 0.523. The van der Waals surface area contributed by atoms with Gasteiger partial charge in [-0.2, -0.15) is 52.7 Å². The van der Waals surface area contributed by atoms with Crippen molar-refractivity contribution in [3.05, 3.63) is 12.2 Å². The lowest BCUT2D eigenvalue weighted by Gasteiger charge is -2.43. The summed E-state index contributed by atoms with van der Waals surface area (Å²) in [5.74, 6) is -5.77. The summed E-state index contributed by atoms with van der Waals surface area (Å²) in [6.45, 7) is 0. The lowest BCUT2D eigenvalue weighted by Crippen LogP contribution is -2.64. The first kappa shape index (κ1) is 22.9. The van der Waals surface area contributed by atoms with Crippen molar-refractivity contribution >= 4 is 0 Å². The highest BCUT2D eigenvalue weighted by Gasteiger charge is 2.76. The van der Waals surface area contributed by atoms with Gasteiger partial charge in [-0.1, -0.05) is 12.2 Å². The zero-order chi connectivity index (χ0) is 21.0. The van der Waals surface area contributed by atoms with E-state index in [9.17, 15) is 52.7 Å². The van der Waals surface area contributed by atoms with Gasteiger partial charge in [-0.05, 0) is 12.8 Å². The fourth-order valence-electron chi connectivity index (χ4n) is 2.68. The Morgan fingerprint density at radius 1 is 0.500 bits per heavy atom. The summed E-state index contributed by atoms with van der Waals surface area (Å²) in [7, 11) is 0. The van der Waals surface area contributed by atoms with Gasteiger partial charge in [0.1, 0.15) is 0 Å². The topological polar surface area (TPSA) is 40.5 Å². The first-order chi connectivity index (χ1) is 11.2. The Bertz CT molecular complexity index is 462. The van der Waals surface area contributed by atoms with Crippen molar-refractivity contribution in [2.75, 3.05) is 0 Å². The molecule has 1 aliphatic rings. The molecule has 26 heavy (non-hydrogen) atoms. The van der Waals surface area contributed by atoms with E-state index in [1.807, 2.05) is 0 Å². The monoisotopic (exact) mass is 414 g/mol. The normalized spacial score (nSPS) is 24.1. The van der Waals surface area contributed by atoms with E-state index in [-0.39, 0.29) is 12.2 Å². The van der Waals surface area contributed by atoms with Crippen LogP contribution in [0, 0.1) is 11.8 Å². The van der Waals surface area contributed by atoms with Crippen LogP contribution in [0.3, 0.4) is 0 Å². The van der Waals surface area contributed by atoms with Crippen molar-refractivity contribution in [3.63, 3.8) is 0 Å². The Labute approximate surface area is 137 Å². The third-order valence-corrected chi connectivity index (χ3v) is 4.17. The molecule has 0 spiro atoms. The Morgan fingerprint density at radius 3 is 0.808 bits per heavy atom. The SMILES string of the molecule is OC(C1C=CC(C(O)(C(F)(F)F)C(F)(F)F)CC1)(C(F)(F)F)C(F)(F)F. The predicted octanol–water partition coefficient (Wildman–Crippen LogP) is 4.28. The molecule has 14 heteroatoms. The largest absolute Gasteiger partial charge is 0.426 e. The van der Waals surface area contributed by atoms with Crippen molar-refractivity contribution < 1.29 is 62.9 Å². The summed E-state index contributed by atoms with van der Waals surface area (Å²) >= 11 is 0. The van der Waals surface area contributed by atoms with Crippen molar-refractivity contribution in [2.24, 2.45) is 11.8 Å². The number of hydrogen-bond acceptors (Lipinski definition) is 2. The van der Waals surface area contributed by atoms with Crippen LogP contribution in [0.5, 0.6) is 0 Å². The molecule has 2 atom stereocenters. The van der Waals surface area contributed by atoms with E-state index in [4.69, 9.17) is 10.2 Å². The molecular weight excluding hydrogens is 404 g/mol. The van der Waals surface area contributed by atoms with Gasteiger partial charge in [0.05, 0.1) is 0 Å². The van der Waals surface area contributed by atoms with Crippen LogP contribution in [0.15, 0.2) is 12.2 Å². The summed E-state index contributed by atoms with van der Waals surface area (Å²) in [5, 5.41) is 18.2. The Hall–Kier alpha value is -1.18. The van der Waals surface area contributed by atoms with Gasteiger partial charge in [0.15, 0.2) is 0 Å². The molecular formula is C12H10F12O2. The number of halogens is 12. The standard InChI is InChI=1S/C12H10F12O2/c13-9(14,15)7(25,10(16,17)18)5-1-2-6(4-3-5)8(26,11(19,20)21)12(22,23)24/h1-2,5-6,25-26H,3-4H2. The third kappa shape index (κ3) is 3.37. The second-order valence-electron chi connectivity index (χ2n) is 5.70. The van der Waals surface area contributed by atoms with Gasteiger partial charge in [-0.3, -0.25) is 0 Å². The fraction of sp³-hybridized carbons (Fsp3) is 0.833. The van der Waals surface area contributed by atoms with Crippen LogP contribution in [-0.2, 0) is 0 Å². The molecule has 1 rings (SSSR count). The minimum Gasteiger partial charge on any atom is -0.373 e. The van der Waals surface area contributed by atoms with E-state index in [1.54, 1.807) is 0 Å². The molecule has 0 aromatic carbocycles. The van der Waals surface area contributed by atoms with Gasteiger partial charge >= 0.3 is 24.7 Å². The number of rotatable bonds is 2. The van der Waals surface area contributed by atoms with Gasteiger partial charge < -0.3 is 10.2 Å². The van der Waals surface area contributed by atoms with Gasteiger partial charge in [0, 0.05) is 11.8 Å². The summed E-state index contributed by atoms with van der Waals surface area (Å²) in [4.78, 5) is 0. The van der Waals surface area contributed by atoms with Gasteiger partial charge in [-0.15, -0.1) is 0 Å². The van der Waals surface area contributed by atoms with Crippen molar-refractivity contribution in [3.8, 4) is 0 Å². The maximum absolute atomic E-state index is 12.7. The van der Waals surface area contributed by atoms with Gasteiger partial charge in [0.25, 0.3) is 11.2 Å². The van der Waals surface area contributed by atoms with Gasteiger partial charge in [0.2, 0.25) is 0 Å². The zero-order valence-electron chi connectivity index (χ0n) is 12.2. The molecule has 0 heterocycles. The number of alkyl halides is 12. The number of hydrogen-bond donors (Lipinski definition) is 2. The number of aliphatic hydroxyl groups is 2. The highest BCUT2D eigenvalue weighted by molar-refractivity contribution is 5.16. The molecule has 0 saturated carbocycles. The smallest absolute Gasteiger partial charge is 0.373 e. The van der Waals surface area contributed by atoms with E-state index in [1.165, 1.54) is 0 Å². The van der Waals surface area contributed by atoms with Crippen LogP contribution >= 0.6 is 0 Å². The maximum Gasteiger partial charge on any atom is 0.426 e. The average Bonchev–Trinajstić information content (AvgIpc) is 2.40. The minimum atomic E-state index is -6.29. The summed E-state index contributed by atoms with van der Waals surface area (Å²) in [5.41, 5.74) is -10.7. The first-order valence-electron chi connectivity index (χ1n) is 6.61. The molecule has 0 aliphatic heterocycles. The molecule has 0 fully saturated rings. The molecule has 0 aromatic rings. The summed E-state index contributed by atoms with van der Waals surface area (Å²) in [6, 6.07) is 0. The second kappa shape index (κ2) is 6.17. The van der Waals surface area contributed by atoms with E-state index in [2.05, 4.69) is 0 Å². The second-order valence-corrected chi connectivity index (χ2v) is 5.70. The zero-order valence-corrected chi connectivity index (χ0v) is 12.2. The van der Waals surface area contributed by atoms with E-state index in [0.29, 0.717) is 0 Å². The third-order valence-electron chi connectivity index (χ3n) is 4.17. The van der Waals surface area contributed by atoms with Crippen LogP contribution in [0.25, 0.3) is 0 Å². The molecule has 0 aromatic heterocycles. The molecule has 0 bridgehead atoms. The van der Waals surface area contributed by atoms with Crippen LogP contribution in [0.1, 0.15) is 12.8 Å². The molecule has 2 N–H and O–H groups in total. The highest BCUT2D eigenvalue weighted by atomic mass is 19.4. The van der Waals surface area contributed by atoms with E-state index in [0.717, 1.165) is 0 Å². The Kier molecular flexibility index (Phi) is 5.43. The average molecular weight is 414 g/mol. The summed E-state index contributed by atoms with van der Waals surface area (Å²) < 4.78 is 152. The predicted molar refractivity (Wildman–Crippen MR) is 59.5 cm³/mol. The van der Waals surface area contributed by atoms with Gasteiger partial charge in [-0.25, -0.2) is 0 Å². The van der Waals surface area contributed by atoms with Crippen LogP contribution in [0.4, 0.5) is 52.7 Å². The molecule has 0 saturated heterocycles. The molecule has 2 unspecified atom stereocenters. The van der Waals surface area contributed by atoms with E-state index >= 15 is 0 Å². The lowest BCUT2D eigenvalue weighted by molar-refractivity contribution is -0.388. The molecule has 1 aliphatic carbocycles. The van der Waals surface area contributed by atoms with Crippen molar-refractivity contribution in [1.29, 1.82) is 0 Å². The maximum atomic E-state index is 12.7. The molecule has 0 amide bonds. The van der Waals surface area contributed by atoms with Crippen LogP contribution < -0.4 is 0 Å². The summed E-state index contributed by atoms with van der Waals surface area (Å²) in [6.07, 6.45) is -28.7. The highest BCUT2D eigenvalue weighted by Crippen LogP contribution is 2.54. The first-order valence-corrected chi connectivity index (χ1v) is 6.61. The van der Waals surface area contributed by atoms with Crippen LogP contribution in [-0.4, -0.2) is 46.1 Å². The Morgan fingerprint density at radius 2 is 0.692 bits per heavy atom. The van der Waals surface area contributed by atoms with Crippen LogP contribution in [0.2, 0.25) is 0 Å². The lowest BCUT2D eigenvalue weighted by atomic mass is 9.72. The molecule has 2 nitrogen and oxygen atoms in total. The molecule has 154 valence electrons.